The molecule has 20 heavy (non-hydrogen) atoms. The number of nitro benzene ring substituents is 1. The van der Waals surface area contributed by atoms with Crippen molar-refractivity contribution in [2.24, 2.45) is 0 Å². The second-order valence-corrected chi connectivity index (χ2v) is 6.51. The molecule has 1 fully saturated rings. The molecule has 1 atom stereocenters. The number of nitrogens with zero attached hydrogens (tertiary/aromatic N) is 2. The normalized spacial score (nSPS) is 20.1. The van der Waals surface area contributed by atoms with Crippen LogP contribution in [0.15, 0.2) is 29.2 Å². The Morgan fingerprint density at radius 1 is 1.40 bits per heavy atom. The van der Waals surface area contributed by atoms with Crippen LogP contribution in [-0.2, 0) is 10.0 Å². The number of aliphatic hydroxyl groups is 1. The first-order valence-corrected chi connectivity index (χ1v) is 7.78. The van der Waals surface area contributed by atoms with E-state index < -0.39 is 20.6 Å². The van der Waals surface area contributed by atoms with Crippen LogP contribution < -0.4 is 0 Å². The first kappa shape index (κ1) is 14.9. The number of benzene rings is 1. The van der Waals surface area contributed by atoms with Gasteiger partial charge in [-0.25, -0.2) is 8.42 Å². The smallest absolute Gasteiger partial charge is 0.289 e. The van der Waals surface area contributed by atoms with Crippen molar-refractivity contribution in [3.05, 3.63) is 34.4 Å². The van der Waals surface area contributed by atoms with E-state index in [9.17, 15) is 18.5 Å². The fourth-order valence-corrected chi connectivity index (χ4v) is 4.40. The Labute approximate surface area is 117 Å². The third-order valence-electron chi connectivity index (χ3n) is 3.43. The van der Waals surface area contributed by atoms with Crippen LogP contribution in [0.2, 0.25) is 0 Å². The third kappa shape index (κ3) is 2.67. The minimum Gasteiger partial charge on any atom is -0.396 e. The monoisotopic (exact) mass is 300 g/mol. The zero-order valence-corrected chi connectivity index (χ0v) is 11.6. The summed E-state index contributed by atoms with van der Waals surface area (Å²) in [6, 6.07) is 5.06. The zero-order chi connectivity index (χ0) is 14.8. The van der Waals surface area contributed by atoms with Crippen molar-refractivity contribution in [3.63, 3.8) is 0 Å². The lowest BCUT2D eigenvalue weighted by Gasteiger charge is -2.23. The molecule has 8 heteroatoms. The average molecular weight is 300 g/mol. The summed E-state index contributed by atoms with van der Waals surface area (Å²) >= 11 is 0. The fraction of sp³-hybridized carbons (Fsp3) is 0.500. The Balaban J connectivity index is 2.43. The summed E-state index contributed by atoms with van der Waals surface area (Å²) in [5, 5.41) is 20.0. The maximum atomic E-state index is 12.6. The molecule has 0 aliphatic carbocycles. The number of sulfonamides is 1. The van der Waals surface area contributed by atoms with Gasteiger partial charge >= 0.3 is 0 Å². The van der Waals surface area contributed by atoms with Crippen molar-refractivity contribution < 1.29 is 18.4 Å². The third-order valence-corrected chi connectivity index (χ3v) is 5.43. The number of nitro groups is 1. The maximum Gasteiger partial charge on any atom is 0.289 e. The molecule has 1 aliphatic rings. The van der Waals surface area contributed by atoms with E-state index in [1.165, 1.54) is 28.6 Å². The van der Waals surface area contributed by atoms with Gasteiger partial charge in [0.15, 0.2) is 4.90 Å². The summed E-state index contributed by atoms with van der Waals surface area (Å²) < 4.78 is 26.4. The summed E-state index contributed by atoms with van der Waals surface area (Å²) in [7, 11) is -3.91. The molecular formula is C12H16N2O5S. The van der Waals surface area contributed by atoms with E-state index in [2.05, 4.69) is 0 Å². The molecule has 0 saturated carbocycles. The van der Waals surface area contributed by atoms with Crippen LogP contribution in [0.25, 0.3) is 0 Å². The maximum absolute atomic E-state index is 12.6. The lowest BCUT2D eigenvalue weighted by atomic mass is 10.2. The highest BCUT2D eigenvalue weighted by atomic mass is 32.2. The van der Waals surface area contributed by atoms with Gasteiger partial charge < -0.3 is 5.11 Å². The van der Waals surface area contributed by atoms with Crippen LogP contribution >= 0.6 is 0 Å². The van der Waals surface area contributed by atoms with Crippen LogP contribution in [0.1, 0.15) is 19.3 Å². The molecule has 1 saturated heterocycles. The van der Waals surface area contributed by atoms with Crippen LogP contribution in [0.3, 0.4) is 0 Å². The van der Waals surface area contributed by atoms with Gasteiger partial charge in [0.2, 0.25) is 10.0 Å². The topological polar surface area (TPSA) is 101 Å². The second kappa shape index (κ2) is 5.86. The lowest BCUT2D eigenvalue weighted by Crippen LogP contribution is -2.36. The molecule has 0 radical (unpaired) electrons. The fourth-order valence-electron chi connectivity index (χ4n) is 2.52. The summed E-state index contributed by atoms with van der Waals surface area (Å²) in [5.74, 6) is 0. The number of rotatable bonds is 5. The molecule has 0 aromatic heterocycles. The van der Waals surface area contributed by atoms with E-state index in [-0.39, 0.29) is 17.5 Å². The predicted molar refractivity (Wildman–Crippen MR) is 71.7 cm³/mol. The van der Waals surface area contributed by atoms with Gasteiger partial charge in [0.25, 0.3) is 5.69 Å². The van der Waals surface area contributed by atoms with Gasteiger partial charge in [0.05, 0.1) is 4.92 Å². The molecule has 1 aromatic carbocycles. The molecule has 1 aliphatic heterocycles. The van der Waals surface area contributed by atoms with Gasteiger partial charge in [-0.2, -0.15) is 4.31 Å². The number of para-hydroxylation sites is 1. The Bertz CT molecular complexity index is 602. The molecule has 2 rings (SSSR count). The minimum absolute atomic E-state index is 0.104. The lowest BCUT2D eigenvalue weighted by molar-refractivity contribution is -0.387. The molecule has 1 heterocycles. The Morgan fingerprint density at radius 3 is 2.75 bits per heavy atom. The Morgan fingerprint density at radius 2 is 2.10 bits per heavy atom. The van der Waals surface area contributed by atoms with Crippen molar-refractivity contribution in [2.45, 2.75) is 30.2 Å². The molecule has 0 bridgehead atoms. The van der Waals surface area contributed by atoms with E-state index >= 15 is 0 Å². The minimum atomic E-state index is -3.91. The molecule has 0 unspecified atom stereocenters. The quantitative estimate of drug-likeness (QED) is 0.649. The van der Waals surface area contributed by atoms with Crippen molar-refractivity contribution in [1.29, 1.82) is 0 Å². The number of hydrogen-bond donors (Lipinski definition) is 1. The van der Waals surface area contributed by atoms with Gasteiger partial charge in [0, 0.05) is 25.3 Å². The van der Waals surface area contributed by atoms with Gasteiger partial charge in [-0.05, 0) is 25.3 Å². The largest absolute Gasteiger partial charge is 0.396 e. The van der Waals surface area contributed by atoms with Crippen molar-refractivity contribution >= 4 is 15.7 Å². The van der Waals surface area contributed by atoms with Crippen LogP contribution in [0.5, 0.6) is 0 Å². The number of aliphatic hydroxyl groups excluding tert-OH is 1. The van der Waals surface area contributed by atoms with E-state index in [1.54, 1.807) is 0 Å². The van der Waals surface area contributed by atoms with Gasteiger partial charge in [-0.15, -0.1) is 0 Å². The van der Waals surface area contributed by atoms with E-state index in [0.717, 1.165) is 0 Å². The van der Waals surface area contributed by atoms with E-state index in [0.29, 0.717) is 25.8 Å². The highest BCUT2D eigenvalue weighted by Crippen LogP contribution is 2.32. The SMILES string of the molecule is O=[N+]([O-])c1ccccc1S(=O)(=O)N1CCC[C@H]1CCO. The summed E-state index contributed by atoms with van der Waals surface area (Å²) in [4.78, 5) is 10.0. The van der Waals surface area contributed by atoms with E-state index in [1.807, 2.05) is 0 Å². The molecule has 0 amide bonds. The van der Waals surface area contributed by atoms with Crippen molar-refractivity contribution in [2.75, 3.05) is 13.2 Å². The predicted octanol–water partition coefficient (Wildman–Crippen LogP) is 1.13. The highest BCUT2D eigenvalue weighted by Gasteiger charge is 2.38. The van der Waals surface area contributed by atoms with Crippen molar-refractivity contribution in [3.8, 4) is 0 Å². The Kier molecular flexibility index (Phi) is 4.36. The average Bonchev–Trinajstić information content (AvgIpc) is 2.88. The summed E-state index contributed by atoms with van der Waals surface area (Å²) in [6.07, 6.45) is 1.71. The van der Waals surface area contributed by atoms with Crippen LogP contribution in [0, 0.1) is 10.1 Å². The molecule has 0 spiro atoms. The first-order valence-electron chi connectivity index (χ1n) is 6.34. The van der Waals surface area contributed by atoms with Gasteiger partial charge in [0.1, 0.15) is 0 Å². The molecular weight excluding hydrogens is 284 g/mol. The van der Waals surface area contributed by atoms with Crippen molar-refractivity contribution in [1.82, 2.24) is 4.31 Å². The first-order chi connectivity index (χ1) is 9.48. The highest BCUT2D eigenvalue weighted by molar-refractivity contribution is 7.89. The molecule has 1 N–H and O–H groups in total. The second-order valence-electron chi connectivity index (χ2n) is 4.65. The van der Waals surface area contributed by atoms with Crippen LogP contribution in [0.4, 0.5) is 5.69 Å². The number of hydrogen-bond acceptors (Lipinski definition) is 5. The van der Waals surface area contributed by atoms with E-state index in [4.69, 9.17) is 5.11 Å². The molecule has 7 nitrogen and oxygen atoms in total. The summed E-state index contributed by atoms with van der Waals surface area (Å²) in [6.45, 7) is 0.229. The molecule has 1 aromatic rings. The standard InChI is InChI=1S/C12H16N2O5S/c15-9-7-10-4-3-8-13(10)20(18,19)12-6-2-1-5-11(12)14(16)17/h1-2,5-6,10,15H,3-4,7-9H2/t10-/m0/s1. The molecule has 110 valence electrons. The zero-order valence-electron chi connectivity index (χ0n) is 10.8. The van der Waals surface area contributed by atoms with Crippen LogP contribution in [-0.4, -0.2) is 41.9 Å². The van der Waals surface area contributed by atoms with Gasteiger partial charge in [-0.3, -0.25) is 10.1 Å². The summed E-state index contributed by atoms with van der Waals surface area (Å²) in [5.41, 5.74) is -0.415. The Hall–Kier alpha value is -1.51. The van der Waals surface area contributed by atoms with Gasteiger partial charge in [-0.1, -0.05) is 12.1 Å².